The molecule has 0 aromatic carbocycles. The van der Waals surface area contributed by atoms with Gasteiger partial charge in [0.1, 0.15) is 0 Å². The Balaban J connectivity index is 2.80. The fourth-order valence-electron chi connectivity index (χ4n) is 2.60. The number of aliphatic hydroxyl groups is 1. The summed E-state index contributed by atoms with van der Waals surface area (Å²) in [6.45, 7) is 2.12. The van der Waals surface area contributed by atoms with E-state index in [2.05, 4.69) is 6.92 Å². The molecule has 0 heterocycles. The maximum Gasteiger partial charge on any atom is 0.303 e. The molecule has 1 fully saturated rings. The van der Waals surface area contributed by atoms with E-state index in [9.17, 15) is 14.7 Å². The number of rotatable bonds is 11. The maximum absolute atomic E-state index is 12.1. The van der Waals surface area contributed by atoms with Crippen LogP contribution in [0, 0.1) is 5.92 Å². The number of ketones is 1. The zero-order valence-electron chi connectivity index (χ0n) is 18.2. The summed E-state index contributed by atoms with van der Waals surface area (Å²) >= 11 is 0. The van der Waals surface area contributed by atoms with Gasteiger partial charge in [0.2, 0.25) is 0 Å². The molecule has 0 amide bonds. The van der Waals surface area contributed by atoms with E-state index < -0.39 is 37.2 Å². The molecule has 0 unspecified atom stereocenters. The van der Waals surface area contributed by atoms with Crippen molar-refractivity contribution >= 4 is 11.8 Å². The number of carboxylic acids is 1. The lowest BCUT2D eigenvalue weighted by Gasteiger charge is -2.12. The van der Waals surface area contributed by atoms with Crippen LogP contribution in [0.2, 0.25) is 0 Å². The highest BCUT2D eigenvalue weighted by Gasteiger charge is 2.35. The highest BCUT2D eigenvalue weighted by Crippen LogP contribution is 2.31. The number of aliphatic hydroxyl groups excluding tert-OH is 1. The van der Waals surface area contributed by atoms with Crippen molar-refractivity contribution in [3.8, 4) is 0 Å². The molecule has 24 heavy (non-hydrogen) atoms. The number of Topliss-reactive ketones (excluding diaryl/α,β-unsaturated/α-hetero) is 1. The van der Waals surface area contributed by atoms with Gasteiger partial charge in [0.15, 0.2) is 5.78 Å². The average molecular weight is 338 g/mol. The minimum atomic E-state index is -2.57. The Labute approximate surface area is 150 Å². The predicted molar refractivity (Wildman–Crippen MR) is 95.7 cm³/mol. The van der Waals surface area contributed by atoms with Gasteiger partial charge in [-0.05, 0) is 32.0 Å². The second-order valence-electron chi connectivity index (χ2n) is 5.88. The van der Waals surface area contributed by atoms with Crippen molar-refractivity contribution < 1.29 is 25.3 Å². The van der Waals surface area contributed by atoms with Crippen molar-refractivity contribution in [1.82, 2.24) is 0 Å². The van der Waals surface area contributed by atoms with Crippen molar-refractivity contribution in [1.29, 1.82) is 0 Å². The van der Waals surface area contributed by atoms with Gasteiger partial charge in [0.05, 0.1) is 6.10 Å². The topological polar surface area (TPSA) is 74.6 Å². The SMILES string of the molecule is [2H]C([2H])(/C=C\C[C@@H]1/C(=C\C=C\CCCCC)C(=O)C[C@@H]1O)C([2H])([2H])CC(=O)O. The molecule has 1 aliphatic carbocycles. The van der Waals surface area contributed by atoms with E-state index in [0.717, 1.165) is 31.8 Å². The predicted octanol–water partition coefficient (Wildman–Crippen LogP) is 4.20. The Morgan fingerprint density at radius 3 is 2.83 bits per heavy atom. The first-order valence-corrected chi connectivity index (χ1v) is 8.49. The van der Waals surface area contributed by atoms with Crippen LogP contribution in [0.3, 0.4) is 0 Å². The number of hydrogen-bond donors (Lipinski definition) is 2. The number of carboxylic acid groups (broad SMARTS) is 1. The molecule has 0 spiro atoms. The van der Waals surface area contributed by atoms with E-state index in [0.29, 0.717) is 5.57 Å². The Bertz CT molecular complexity index is 638. The third-order valence-electron chi connectivity index (χ3n) is 3.90. The summed E-state index contributed by atoms with van der Waals surface area (Å²) in [5, 5.41) is 18.9. The van der Waals surface area contributed by atoms with E-state index >= 15 is 0 Å². The molecule has 4 nitrogen and oxygen atoms in total. The average Bonchev–Trinajstić information content (AvgIpc) is 2.83. The van der Waals surface area contributed by atoms with Crippen LogP contribution in [0.4, 0.5) is 0 Å². The molecule has 2 atom stereocenters. The molecule has 134 valence electrons. The van der Waals surface area contributed by atoms with Gasteiger partial charge in [0, 0.05) is 29.8 Å². The molecular formula is C20H30O4. The highest BCUT2D eigenvalue weighted by atomic mass is 16.4. The maximum atomic E-state index is 12.1. The summed E-state index contributed by atoms with van der Waals surface area (Å²) in [7, 11) is 0. The van der Waals surface area contributed by atoms with Crippen molar-refractivity contribution in [3.05, 3.63) is 36.0 Å². The van der Waals surface area contributed by atoms with E-state index in [1.54, 1.807) is 6.08 Å². The second kappa shape index (κ2) is 11.8. The Morgan fingerprint density at radius 2 is 2.12 bits per heavy atom. The molecule has 0 aromatic rings. The van der Waals surface area contributed by atoms with Crippen LogP contribution in [-0.4, -0.2) is 28.1 Å². The van der Waals surface area contributed by atoms with Crippen molar-refractivity contribution in [3.63, 3.8) is 0 Å². The molecule has 0 radical (unpaired) electrons. The first kappa shape index (κ1) is 14.6. The van der Waals surface area contributed by atoms with Gasteiger partial charge >= 0.3 is 5.97 Å². The van der Waals surface area contributed by atoms with Gasteiger partial charge in [-0.1, -0.05) is 50.1 Å². The third kappa shape index (κ3) is 7.73. The fraction of sp³-hybridized carbons (Fsp3) is 0.600. The van der Waals surface area contributed by atoms with Gasteiger partial charge in [-0.25, -0.2) is 0 Å². The normalized spacial score (nSPS) is 26.8. The van der Waals surface area contributed by atoms with Gasteiger partial charge in [-0.3, -0.25) is 9.59 Å². The summed E-state index contributed by atoms with van der Waals surface area (Å²) in [5.74, 6) is -2.05. The third-order valence-corrected chi connectivity index (χ3v) is 3.90. The van der Waals surface area contributed by atoms with Crippen LogP contribution in [0.15, 0.2) is 36.0 Å². The molecule has 0 aliphatic heterocycles. The number of aliphatic carboxylic acids is 1. The molecule has 0 saturated heterocycles. The van der Waals surface area contributed by atoms with Gasteiger partial charge in [-0.2, -0.15) is 0 Å². The Morgan fingerprint density at radius 1 is 1.33 bits per heavy atom. The van der Waals surface area contributed by atoms with Crippen molar-refractivity contribution in [2.75, 3.05) is 0 Å². The fourth-order valence-corrected chi connectivity index (χ4v) is 2.60. The molecule has 4 heteroatoms. The Hall–Kier alpha value is -1.68. The number of allylic oxidation sites excluding steroid dienone is 5. The summed E-state index contributed by atoms with van der Waals surface area (Å²) in [5.41, 5.74) is 0.484. The van der Waals surface area contributed by atoms with Crippen LogP contribution in [0.1, 0.15) is 70.1 Å². The minimum Gasteiger partial charge on any atom is -0.481 e. The second-order valence-corrected chi connectivity index (χ2v) is 5.88. The summed E-state index contributed by atoms with van der Waals surface area (Å²) in [4.78, 5) is 22.9. The van der Waals surface area contributed by atoms with Crippen LogP contribution >= 0.6 is 0 Å². The molecule has 1 aliphatic rings. The summed E-state index contributed by atoms with van der Waals surface area (Å²) in [6.07, 6.45) is 5.43. The first-order chi connectivity index (χ1) is 13.0. The zero-order chi connectivity index (χ0) is 21.4. The van der Waals surface area contributed by atoms with Crippen LogP contribution in [-0.2, 0) is 9.59 Å². The molecule has 0 aromatic heterocycles. The van der Waals surface area contributed by atoms with Gasteiger partial charge in [0.25, 0.3) is 0 Å². The van der Waals surface area contributed by atoms with E-state index in [1.807, 2.05) is 12.2 Å². The summed E-state index contributed by atoms with van der Waals surface area (Å²) in [6, 6.07) is 0. The van der Waals surface area contributed by atoms with E-state index in [4.69, 9.17) is 10.6 Å². The lowest BCUT2D eigenvalue weighted by molar-refractivity contribution is -0.137. The number of hydrogen-bond acceptors (Lipinski definition) is 3. The van der Waals surface area contributed by atoms with Crippen molar-refractivity contribution in [2.24, 2.45) is 5.92 Å². The van der Waals surface area contributed by atoms with E-state index in [1.165, 1.54) is 6.08 Å². The monoisotopic (exact) mass is 338 g/mol. The van der Waals surface area contributed by atoms with Crippen molar-refractivity contribution in [2.45, 2.75) is 70.7 Å². The first-order valence-electron chi connectivity index (χ1n) is 10.5. The molecule has 0 bridgehead atoms. The smallest absolute Gasteiger partial charge is 0.303 e. The highest BCUT2D eigenvalue weighted by molar-refractivity contribution is 5.99. The number of carbonyl (C=O) groups excluding carboxylic acids is 1. The standard InChI is InChI=1S/C20H30O4/c1-2-3-4-5-6-9-12-16-17(19(22)15-18(16)21)13-10-7-8-11-14-20(23)24/h6-7,9-10,12,17,19,22H,2-5,8,11,13-15H2,1H3,(H,23,24)/b9-6+,10-7-,16-12+/t17-,19+/m1/s1/i8D2,11D2. The Kier molecular flexibility index (Phi) is 7.20. The molecule has 1 saturated carbocycles. The lowest BCUT2D eigenvalue weighted by atomic mass is 9.96. The van der Waals surface area contributed by atoms with Gasteiger partial charge < -0.3 is 10.2 Å². The molecule has 2 N–H and O–H groups in total. The zero-order valence-corrected chi connectivity index (χ0v) is 14.2. The van der Waals surface area contributed by atoms with Crippen LogP contribution in [0.25, 0.3) is 0 Å². The van der Waals surface area contributed by atoms with Crippen LogP contribution in [0.5, 0.6) is 0 Å². The molecule has 1 rings (SSSR count). The van der Waals surface area contributed by atoms with E-state index in [-0.39, 0.29) is 18.6 Å². The summed E-state index contributed by atoms with van der Waals surface area (Å²) < 4.78 is 30.9. The largest absolute Gasteiger partial charge is 0.481 e. The molecular weight excluding hydrogens is 304 g/mol. The quantitative estimate of drug-likeness (QED) is 0.336. The number of carbonyl (C=O) groups is 2. The van der Waals surface area contributed by atoms with Gasteiger partial charge in [-0.15, -0.1) is 0 Å². The minimum absolute atomic E-state index is 0.0146. The van der Waals surface area contributed by atoms with Crippen LogP contribution < -0.4 is 0 Å². The number of unbranched alkanes of at least 4 members (excludes halogenated alkanes) is 3. The lowest BCUT2D eigenvalue weighted by Crippen LogP contribution is -2.13.